The summed E-state index contributed by atoms with van der Waals surface area (Å²) in [5.41, 5.74) is 2.58. The maximum absolute atomic E-state index is 13.7. The molecule has 196 valence electrons. The van der Waals surface area contributed by atoms with E-state index in [1.807, 2.05) is 42.5 Å². The average molecular weight is 521 g/mol. The van der Waals surface area contributed by atoms with Crippen molar-refractivity contribution >= 4 is 29.1 Å². The summed E-state index contributed by atoms with van der Waals surface area (Å²) in [6.45, 7) is 1.41. The van der Waals surface area contributed by atoms with E-state index in [1.165, 1.54) is 18.9 Å². The van der Waals surface area contributed by atoms with Crippen LogP contribution in [0.15, 0.2) is 77.8 Å². The Bertz CT molecular complexity index is 1380. The number of hydrogen-bond donors (Lipinski definition) is 2. The number of hydrogen-bond acceptors (Lipinski definition) is 5. The van der Waals surface area contributed by atoms with Crippen LogP contribution in [0, 0.1) is 11.6 Å². The summed E-state index contributed by atoms with van der Waals surface area (Å²) in [5, 5.41) is 5.07. The van der Waals surface area contributed by atoms with Gasteiger partial charge in [0.1, 0.15) is 17.7 Å². The molecule has 3 atom stereocenters. The van der Waals surface area contributed by atoms with E-state index in [0.717, 1.165) is 23.3 Å². The van der Waals surface area contributed by atoms with Crippen molar-refractivity contribution in [2.75, 3.05) is 19.1 Å². The lowest BCUT2D eigenvalue weighted by Gasteiger charge is -2.23. The Balaban J connectivity index is 1.56. The maximum atomic E-state index is 13.7. The third kappa shape index (κ3) is 5.60. The number of likely N-dealkylation sites (N-methyl/N-ethyl adjacent to an activating group) is 1. The minimum absolute atomic E-state index is 0.0504. The number of methoxy groups -OCH3 is 1. The van der Waals surface area contributed by atoms with Crippen molar-refractivity contribution < 1.29 is 27.9 Å². The third-order valence-corrected chi connectivity index (χ3v) is 6.08. The first-order valence-corrected chi connectivity index (χ1v) is 11.8. The van der Waals surface area contributed by atoms with Crippen molar-refractivity contribution in [3.05, 3.63) is 101 Å². The molecule has 1 aliphatic heterocycles. The van der Waals surface area contributed by atoms with Crippen molar-refractivity contribution in [1.29, 1.82) is 0 Å². The van der Waals surface area contributed by atoms with E-state index in [4.69, 9.17) is 4.74 Å². The molecule has 3 amide bonds. The zero-order valence-corrected chi connectivity index (χ0v) is 20.9. The summed E-state index contributed by atoms with van der Waals surface area (Å²) >= 11 is 0. The number of benzodiazepines with no additional fused rings is 1. The Morgan fingerprint density at radius 1 is 0.974 bits per heavy atom. The van der Waals surface area contributed by atoms with Crippen LogP contribution in [0.25, 0.3) is 0 Å². The highest BCUT2D eigenvalue weighted by Crippen LogP contribution is 2.27. The van der Waals surface area contributed by atoms with Crippen LogP contribution in [0.2, 0.25) is 0 Å². The number of fused-ring (bicyclic) bond motifs is 1. The van der Waals surface area contributed by atoms with Crippen LogP contribution in [0.5, 0.6) is 0 Å². The van der Waals surface area contributed by atoms with Crippen LogP contribution >= 0.6 is 0 Å². The van der Waals surface area contributed by atoms with E-state index in [2.05, 4.69) is 15.6 Å². The Kier molecular flexibility index (Phi) is 7.92. The molecule has 0 fully saturated rings. The Hall–Kier alpha value is -4.44. The summed E-state index contributed by atoms with van der Waals surface area (Å²) < 4.78 is 32.4. The maximum Gasteiger partial charge on any atom is 0.272 e. The molecule has 0 bridgehead atoms. The highest BCUT2D eigenvalue weighted by molar-refractivity contribution is 6.20. The predicted molar refractivity (Wildman–Crippen MR) is 138 cm³/mol. The standard InChI is InChI=1S/C28H26F2N4O4/c1-16(31-27(36)24(38-3)18-13-19(29)15-20(30)14-18)26(35)33-25-28(37)34(2)22-12-8-7-11-21(22)23(32-25)17-9-5-4-6-10-17/h4-16,24-25H,1-3H3,(H,31,36)(H,33,35)/t16-,24?,25?/m0/s1. The zero-order chi connectivity index (χ0) is 27.4. The molecule has 4 rings (SSSR count). The second kappa shape index (κ2) is 11.3. The fourth-order valence-corrected chi connectivity index (χ4v) is 4.18. The molecule has 3 aromatic carbocycles. The molecule has 0 aromatic heterocycles. The van der Waals surface area contributed by atoms with Gasteiger partial charge >= 0.3 is 0 Å². The molecule has 0 saturated carbocycles. The first kappa shape index (κ1) is 26.6. The van der Waals surface area contributed by atoms with Crippen LogP contribution in [0.3, 0.4) is 0 Å². The molecule has 0 saturated heterocycles. The van der Waals surface area contributed by atoms with Gasteiger partial charge in [-0.25, -0.2) is 13.8 Å². The van der Waals surface area contributed by atoms with Gasteiger partial charge in [0.05, 0.1) is 11.4 Å². The van der Waals surface area contributed by atoms with Gasteiger partial charge in [0.25, 0.3) is 11.8 Å². The number of carbonyl (C=O) groups is 3. The van der Waals surface area contributed by atoms with E-state index < -0.39 is 47.7 Å². The number of nitrogens with zero attached hydrogens (tertiary/aromatic N) is 2. The summed E-state index contributed by atoms with van der Waals surface area (Å²) in [5.74, 6) is -3.69. The number of anilines is 1. The zero-order valence-electron chi connectivity index (χ0n) is 20.9. The minimum atomic E-state index is -1.36. The normalized spacial score (nSPS) is 16.6. The molecule has 1 aliphatic rings. The van der Waals surface area contributed by atoms with Crippen LogP contribution < -0.4 is 15.5 Å². The SMILES string of the molecule is COC(C(=O)N[C@@H](C)C(=O)NC1N=C(c2ccccc2)c2ccccc2N(C)C1=O)c1cc(F)cc(F)c1. The third-order valence-electron chi connectivity index (χ3n) is 6.08. The first-order chi connectivity index (χ1) is 18.2. The van der Waals surface area contributed by atoms with Gasteiger partial charge in [0.15, 0.2) is 6.10 Å². The summed E-state index contributed by atoms with van der Waals surface area (Å²) in [6.07, 6.45) is -2.64. The number of amides is 3. The van der Waals surface area contributed by atoms with Gasteiger partial charge in [-0.2, -0.15) is 0 Å². The van der Waals surface area contributed by atoms with Crippen LogP contribution in [0.1, 0.15) is 29.7 Å². The highest BCUT2D eigenvalue weighted by atomic mass is 19.1. The molecule has 2 N–H and O–H groups in total. The summed E-state index contributed by atoms with van der Waals surface area (Å²) in [4.78, 5) is 45.2. The number of nitrogens with one attached hydrogen (secondary N) is 2. The van der Waals surface area contributed by atoms with Crippen molar-refractivity contribution in [3.63, 3.8) is 0 Å². The van der Waals surface area contributed by atoms with Crippen molar-refractivity contribution in [3.8, 4) is 0 Å². The monoisotopic (exact) mass is 520 g/mol. The van der Waals surface area contributed by atoms with Gasteiger partial charge in [0.2, 0.25) is 12.1 Å². The van der Waals surface area contributed by atoms with Gasteiger partial charge in [-0.3, -0.25) is 14.4 Å². The molecule has 8 nitrogen and oxygen atoms in total. The van der Waals surface area contributed by atoms with E-state index in [1.54, 1.807) is 19.2 Å². The van der Waals surface area contributed by atoms with E-state index in [-0.39, 0.29) is 5.56 Å². The van der Waals surface area contributed by atoms with Gasteiger partial charge in [-0.05, 0) is 30.7 Å². The molecule has 1 heterocycles. The molecule has 0 spiro atoms. The molecule has 0 aliphatic carbocycles. The molecule has 38 heavy (non-hydrogen) atoms. The van der Waals surface area contributed by atoms with Gasteiger partial charge in [0, 0.05) is 31.4 Å². The van der Waals surface area contributed by atoms with E-state index in [9.17, 15) is 23.2 Å². The van der Waals surface area contributed by atoms with Crippen LogP contribution in [-0.2, 0) is 19.1 Å². The molecule has 10 heteroatoms. The summed E-state index contributed by atoms with van der Waals surface area (Å²) in [7, 11) is 2.80. The lowest BCUT2D eigenvalue weighted by molar-refractivity contribution is -0.136. The van der Waals surface area contributed by atoms with E-state index >= 15 is 0 Å². The number of ether oxygens (including phenoxy) is 1. The van der Waals surface area contributed by atoms with Crippen LogP contribution in [-0.4, -0.2) is 49.8 Å². The van der Waals surface area contributed by atoms with Crippen LogP contribution in [0.4, 0.5) is 14.5 Å². The summed E-state index contributed by atoms with van der Waals surface area (Å²) in [6, 6.07) is 18.0. The van der Waals surface area contributed by atoms with Crippen molar-refractivity contribution in [1.82, 2.24) is 10.6 Å². The number of para-hydroxylation sites is 1. The Labute approximate surface area is 218 Å². The fraction of sp³-hybridized carbons (Fsp3) is 0.214. The minimum Gasteiger partial charge on any atom is -0.367 e. The second-order valence-electron chi connectivity index (χ2n) is 8.72. The number of rotatable bonds is 7. The second-order valence-corrected chi connectivity index (χ2v) is 8.72. The first-order valence-electron chi connectivity index (χ1n) is 11.8. The molecular formula is C28H26F2N4O4. The lowest BCUT2D eigenvalue weighted by Crippen LogP contribution is -2.52. The van der Waals surface area contributed by atoms with Crippen molar-refractivity contribution in [2.45, 2.75) is 25.2 Å². The molecule has 0 radical (unpaired) electrons. The predicted octanol–water partition coefficient (Wildman–Crippen LogP) is 3.11. The van der Waals surface area contributed by atoms with Gasteiger partial charge in [-0.15, -0.1) is 0 Å². The molecular weight excluding hydrogens is 494 g/mol. The van der Waals surface area contributed by atoms with Gasteiger partial charge < -0.3 is 20.3 Å². The topological polar surface area (TPSA) is 100 Å². The number of aliphatic imine (C=N–C) groups is 1. The van der Waals surface area contributed by atoms with Crippen molar-refractivity contribution in [2.24, 2.45) is 4.99 Å². The fourth-order valence-electron chi connectivity index (χ4n) is 4.18. The largest absolute Gasteiger partial charge is 0.367 e. The Morgan fingerprint density at radius 3 is 2.26 bits per heavy atom. The molecule has 3 aromatic rings. The molecule has 2 unspecified atom stereocenters. The smallest absolute Gasteiger partial charge is 0.272 e. The van der Waals surface area contributed by atoms with E-state index in [0.29, 0.717) is 17.5 Å². The number of carbonyl (C=O) groups excluding carboxylic acids is 3. The highest BCUT2D eigenvalue weighted by Gasteiger charge is 2.33. The average Bonchev–Trinajstić information content (AvgIpc) is 2.99. The lowest BCUT2D eigenvalue weighted by atomic mass is 10.0. The number of benzene rings is 3. The van der Waals surface area contributed by atoms with Gasteiger partial charge in [-0.1, -0.05) is 48.5 Å². The Morgan fingerprint density at radius 2 is 1.61 bits per heavy atom. The quantitative estimate of drug-likeness (QED) is 0.500. The number of halogens is 2.